The van der Waals surface area contributed by atoms with Crippen LogP contribution in [0.4, 0.5) is 5.95 Å². The molecule has 0 spiro atoms. The standard InChI is InChI=1S/C20H27N5O8S/c1-7(2)10(22-8(3)26)17(28)30-6-9-11-12(33-20(4,5)32-11)16(31-9)25-14-13(34-19(25)29)15(27)24-18(21)23-14/h7,9-12,16H,6H2,1-5H3,(H,22,26)(H3,21,23,24,27)/t9-,10+,11-,12?,16-/m1/s1. The molecule has 186 valence electrons. The lowest BCUT2D eigenvalue weighted by Gasteiger charge is -2.25. The Morgan fingerprint density at radius 2 is 1.97 bits per heavy atom. The van der Waals surface area contributed by atoms with Gasteiger partial charge in [-0.15, -0.1) is 0 Å². The number of nitrogen functional groups attached to an aromatic ring is 1. The topological polar surface area (TPSA) is 177 Å². The van der Waals surface area contributed by atoms with E-state index in [0.29, 0.717) is 11.3 Å². The molecule has 0 saturated carbocycles. The van der Waals surface area contributed by atoms with Crippen molar-refractivity contribution in [3.05, 3.63) is 20.0 Å². The van der Waals surface area contributed by atoms with Gasteiger partial charge in [-0.05, 0) is 19.8 Å². The normalized spacial score (nSPS) is 26.5. The number of amides is 1. The maximum Gasteiger partial charge on any atom is 0.328 e. The van der Waals surface area contributed by atoms with Crippen molar-refractivity contribution in [2.24, 2.45) is 5.92 Å². The summed E-state index contributed by atoms with van der Waals surface area (Å²) in [5.74, 6) is -2.31. The largest absolute Gasteiger partial charge is 0.461 e. The molecule has 0 radical (unpaired) electrons. The number of thiazole rings is 1. The SMILES string of the molecule is CC(=O)N[C@H](C(=O)OC[C@H]1O[C@@H](n2c(=O)sc3c(=O)[nH]c(N)nc32)C2OC(C)(C)O[C@@H]21)C(C)C. The lowest BCUT2D eigenvalue weighted by Crippen LogP contribution is -2.45. The number of hydrogen-bond acceptors (Lipinski definition) is 11. The van der Waals surface area contributed by atoms with Gasteiger partial charge < -0.3 is 30.0 Å². The van der Waals surface area contributed by atoms with Gasteiger partial charge in [-0.2, -0.15) is 4.98 Å². The summed E-state index contributed by atoms with van der Waals surface area (Å²) < 4.78 is 24.8. The highest BCUT2D eigenvalue weighted by Crippen LogP contribution is 2.43. The summed E-state index contributed by atoms with van der Waals surface area (Å²) in [5, 5.41) is 2.58. The van der Waals surface area contributed by atoms with E-state index < -0.39 is 52.8 Å². The number of nitrogens with zero attached hydrogens (tertiary/aromatic N) is 2. The fraction of sp³-hybridized carbons (Fsp3) is 0.650. The van der Waals surface area contributed by atoms with Gasteiger partial charge in [0.25, 0.3) is 5.56 Å². The van der Waals surface area contributed by atoms with E-state index in [1.807, 2.05) is 0 Å². The number of carbonyl (C=O) groups excluding carboxylic acids is 2. The van der Waals surface area contributed by atoms with Crippen LogP contribution in [0.15, 0.2) is 9.59 Å². The highest BCUT2D eigenvalue weighted by Gasteiger charge is 2.57. The molecule has 4 N–H and O–H groups in total. The first-order valence-electron chi connectivity index (χ1n) is 10.7. The number of rotatable bonds is 6. The van der Waals surface area contributed by atoms with Crippen molar-refractivity contribution < 1.29 is 28.5 Å². The van der Waals surface area contributed by atoms with Crippen molar-refractivity contribution in [2.45, 2.75) is 71.0 Å². The molecule has 4 rings (SSSR count). The number of carbonyl (C=O) groups is 2. The van der Waals surface area contributed by atoms with Crippen molar-refractivity contribution in [3.8, 4) is 0 Å². The Hall–Kier alpha value is -2.81. The van der Waals surface area contributed by atoms with E-state index in [1.54, 1.807) is 27.7 Å². The molecule has 5 atom stereocenters. The zero-order valence-electron chi connectivity index (χ0n) is 19.3. The second-order valence-corrected chi connectivity index (χ2v) is 9.99. The van der Waals surface area contributed by atoms with E-state index >= 15 is 0 Å². The molecule has 0 aliphatic carbocycles. The zero-order valence-corrected chi connectivity index (χ0v) is 20.1. The van der Waals surface area contributed by atoms with Gasteiger partial charge >= 0.3 is 10.8 Å². The second kappa shape index (κ2) is 8.76. The third kappa shape index (κ3) is 4.45. The van der Waals surface area contributed by atoms with Gasteiger partial charge in [0.05, 0.1) is 0 Å². The van der Waals surface area contributed by atoms with E-state index in [-0.39, 0.29) is 34.7 Å². The maximum absolute atomic E-state index is 12.8. The minimum Gasteiger partial charge on any atom is -0.461 e. The Labute approximate surface area is 197 Å². The first-order chi connectivity index (χ1) is 15.9. The molecule has 2 aromatic heterocycles. The van der Waals surface area contributed by atoms with Gasteiger partial charge in [0.2, 0.25) is 11.9 Å². The Kier molecular flexibility index (Phi) is 6.27. The number of aromatic amines is 1. The Bertz CT molecular complexity index is 1230. The van der Waals surface area contributed by atoms with Crippen LogP contribution in [0.5, 0.6) is 0 Å². The van der Waals surface area contributed by atoms with Gasteiger partial charge in [-0.3, -0.25) is 23.9 Å². The van der Waals surface area contributed by atoms with Crippen molar-refractivity contribution in [2.75, 3.05) is 12.3 Å². The van der Waals surface area contributed by atoms with Gasteiger partial charge in [0.15, 0.2) is 17.7 Å². The summed E-state index contributed by atoms with van der Waals surface area (Å²) >= 11 is 0.711. The number of ether oxygens (including phenoxy) is 4. The highest BCUT2D eigenvalue weighted by molar-refractivity contribution is 7.16. The third-order valence-corrected chi connectivity index (χ3v) is 6.48. The molecule has 2 aliphatic heterocycles. The molecule has 2 fully saturated rings. The number of aromatic nitrogens is 3. The molecule has 14 heteroatoms. The molecule has 2 aromatic rings. The second-order valence-electron chi connectivity index (χ2n) is 9.02. The van der Waals surface area contributed by atoms with Gasteiger partial charge in [0, 0.05) is 6.92 Å². The number of nitrogens with one attached hydrogen (secondary N) is 2. The van der Waals surface area contributed by atoms with E-state index in [4.69, 9.17) is 24.7 Å². The number of nitrogens with two attached hydrogens (primary N) is 1. The fourth-order valence-electron chi connectivity index (χ4n) is 4.14. The van der Waals surface area contributed by atoms with Gasteiger partial charge in [-0.25, -0.2) is 4.79 Å². The summed E-state index contributed by atoms with van der Waals surface area (Å²) in [4.78, 5) is 55.1. The van der Waals surface area contributed by atoms with Crippen LogP contribution in [0.1, 0.15) is 40.8 Å². The van der Waals surface area contributed by atoms with Crippen molar-refractivity contribution in [3.63, 3.8) is 0 Å². The summed E-state index contributed by atoms with van der Waals surface area (Å²) in [6.45, 7) is 8.11. The first kappa shape index (κ1) is 24.3. The number of esters is 1. The Morgan fingerprint density at radius 1 is 1.29 bits per heavy atom. The summed E-state index contributed by atoms with van der Waals surface area (Å²) in [6, 6.07) is -0.829. The molecule has 2 saturated heterocycles. The molecule has 4 heterocycles. The number of fused-ring (bicyclic) bond motifs is 2. The predicted octanol–water partition coefficient (Wildman–Crippen LogP) is -0.150. The van der Waals surface area contributed by atoms with E-state index in [2.05, 4.69) is 15.3 Å². The number of H-pyrrole nitrogens is 1. The highest BCUT2D eigenvalue weighted by atomic mass is 32.1. The first-order valence-corrected chi connectivity index (χ1v) is 11.6. The summed E-state index contributed by atoms with van der Waals surface area (Å²) in [6.07, 6.45) is -3.20. The van der Waals surface area contributed by atoms with Gasteiger partial charge in [0.1, 0.15) is 35.7 Å². The Balaban J connectivity index is 1.62. The molecule has 1 unspecified atom stereocenters. The van der Waals surface area contributed by atoms with Crippen LogP contribution in [-0.4, -0.2) is 63.2 Å². The molecular formula is C20H27N5O8S. The van der Waals surface area contributed by atoms with Crippen molar-refractivity contribution >= 4 is 39.5 Å². The van der Waals surface area contributed by atoms with Gasteiger partial charge in [-0.1, -0.05) is 25.2 Å². The van der Waals surface area contributed by atoms with Crippen LogP contribution < -0.4 is 21.5 Å². The summed E-state index contributed by atoms with van der Waals surface area (Å²) in [5.41, 5.74) is 5.21. The molecular weight excluding hydrogens is 470 g/mol. The van der Waals surface area contributed by atoms with Crippen molar-refractivity contribution in [1.29, 1.82) is 0 Å². The smallest absolute Gasteiger partial charge is 0.328 e. The van der Waals surface area contributed by atoms with Crippen LogP contribution in [0.25, 0.3) is 10.3 Å². The average molecular weight is 498 g/mol. The van der Waals surface area contributed by atoms with E-state index in [0.717, 1.165) is 0 Å². The van der Waals surface area contributed by atoms with Crippen LogP contribution >= 0.6 is 11.3 Å². The predicted molar refractivity (Wildman–Crippen MR) is 120 cm³/mol. The molecule has 2 aliphatic rings. The van der Waals surface area contributed by atoms with Crippen molar-refractivity contribution in [1.82, 2.24) is 19.9 Å². The summed E-state index contributed by atoms with van der Waals surface area (Å²) in [7, 11) is 0. The molecule has 1 amide bonds. The van der Waals surface area contributed by atoms with Crippen LogP contribution in [-0.2, 0) is 28.5 Å². The fourth-order valence-corrected chi connectivity index (χ4v) is 4.98. The number of hydrogen-bond donors (Lipinski definition) is 3. The molecule has 34 heavy (non-hydrogen) atoms. The van der Waals surface area contributed by atoms with Crippen LogP contribution in [0.3, 0.4) is 0 Å². The van der Waals surface area contributed by atoms with Crippen LogP contribution in [0, 0.1) is 5.92 Å². The lowest BCUT2D eigenvalue weighted by molar-refractivity contribution is -0.202. The Morgan fingerprint density at radius 3 is 2.62 bits per heavy atom. The molecule has 0 bridgehead atoms. The quantitative estimate of drug-likeness (QED) is 0.455. The molecule has 0 aromatic carbocycles. The monoisotopic (exact) mass is 497 g/mol. The molecule has 13 nitrogen and oxygen atoms in total. The lowest BCUT2D eigenvalue weighted by atomic mass is 10.0. The average Bonchev–Trinajstić information content (AvgIpc) is 3.32. The minimum atomic E-state index is -0.998. The minimum absolute atomic E-state index is 0.0662. The van der Waals surface area contributed by atoms with Crippen LogP contribution in [0.2, 0.25) is 0 Å². The van der Waals surface area contributed by atoms with E-state index in [9.17, 15) is 19.2 Å². The number of anilines is 1. The van der Waals surface area contributed by atoms with E-state index in [1.165, 1.54) is 11.5 Å². The maximum atomic E-state index is 12.8. The third-order valence-electron chi connectivity index (χ3n) is 5.54. The zero-order chi connectivity index (χ0) is 24.9.